The summed E-state index contributed by atoms with van der Waals surface area (Å²) in [5.41, 5.74) is 6.26. The van der Waals surface area contributed by atoms with Crippen molar-refractivity contribution in [3.8, 4) is 0 Å². The molecule has 0 aliphatic heterocycles. The highest BCUT2D eigenvalue weighted by molar-refractivity contribution is 5.75. The molecule has 1 aromatic rings. The second-order valence-electron chi connectivity index (χ2n) is 3.84. The molecule has 0 saturated carbocycles. The van der Waals surface area contributed by atoms with E-state index in [9.17, 15) is 9.59 Å². The van der Waals surface area contributed by atoms with Gasteiger partial charge in [-0.15, -0.1) is 0 Å². The number of carboxylic acid groups (broad SMARTS) is 2. The van der Waals surface area contributed by atoms with Gasteiger partial charge in [0.05, 0.1) is 31.2 Å². The van der Waals surface area contributed by atoms with Crippen molar-refractivity contribution in [2.24, 2.45) is 5.73 Å². The van der Waals surface area contributed by atoms with Crippen LogP contribution in [0.4, 0.5) is 0 Å². The van der Waals surface area contributed by atoms with E-state index in [4.69, 9.17) is 20.7 Å². The number of aliphatic carboxylic acids is 2. The molecule has 0 saturated heterocycles. The van der Waals surface area contributed by atoms with Crippen LogP contribution in [0.1, 0.15) is 31.6 Å². The minimum absolute atomic E-state index is 0.0368. The molecule has 0 aliphatic carbocycles. The molecule has 0 aromatic carbocycles. The normalized spacial score (nSPS) is 11.1. The summed E-state index contributed by atoms with van der Waals surface area (Å²) in [7, 11) is 0. The molecule has 112 valence electrons. The number of rotatable bonds is 7. The molecule has 0 fully saturated rings. The van der Waals surface area contributed by atoms with Crippen LogP contribution in [-0.4, -0.2) is 40.3 Å². The Morgan fingerprint density at radius 2 is 1.90 bits per heavy atom. The van der Waals surface area contributed by atoms with E-state index in [1.807, 2.05) is 25.1 Å². The summed E-state index contributed by atoms with van der Waals surface area (Å²) < 4.78 is 5.39. The first kappa shape index (κ1) is 18.0. The van der Waals surface area contributed by atoms with Gasteiger partial charge in [0.25, 0.3) is 0 Å². The van der Waals surface area contributed by atoms with Crippen molar-refractivity contribution in [2.75, 3.05) is 13.2 Å². The molecule has 0 radical (unpaired) electrons. The first-order chi connectivity index (χ1) is 9.47. The second kappa shape index (κ2) is 10.9. The highest BCUT2D eigenvalue weighted by Crippen LogP contribution is 2.11. The molecule has 20 heavy (non-hydrogen) atoms. The Balaban J connectivity index is 0.000000396. The summed E-state index contributed by atoms with van der Waals surface area (Å²) in [6.45, 7) is 3.10. The molecule has 0 aliphatic rings. The Kier molecular flexibility index (Phi) is 9.81. The van der Waals surface area contributed by atoms with Crippen LogP contribution in [0.25, 0.3) is 0 Å². The first-order valence-corrected chi connectivity index (χ1v) is 6.13. The van der Waals surface area contributed by atoms with Gasteiger partial charge < -0.3 is 20.7 Å². The van der Waals surface area contributed by atoms with Crippen molar-refractivity contribution >= 4 is 11.9 Å². The SMILES string of the molecule is CC(OCCN)c1ccccn1.O=C(O)CCC(=O)O. The maximum absolute atomic E-state index is 9.64. The lowest BCUT2D eigenvalue weighted by molar-refractivity contribution is -0.143. The summed E-state index contributed by atoms with van der Waals surface area (Å²) in [5.74, 6) is -2.15. The van der Waals surface area contributed by atoms with E-state index < -0.39 is 11.9 Å². The number of aromatic nitrogens is 1. The zero-order valence-corrected chi connectivity index (χ0v) is 11.4. The molecular formula is C13H20N2O5. The summed E-state index contributed by atoms with van der Waals surface area (Å²) in [4.78, 5) is 23.4. The maximum Gasteiger partial charge on any atom is 0.303 e. The number of nitrogens with zero attached hydrogens (tertiary/aromatic N) is 1. The summed E-state index contributed by atoms with van der Waals surface area (Å²) in [5, 5.41) is 15.8. The smallest absolute Gasteiger partial charge is 0.303 e. The Labute approximate surface area is 117 Å². The lowest BCUT2D eigenvalue weighted by atomic mass is 10.2. The van der Waals surface area contributed by atoms with Gasteiger partial charge in [-0.1, -0.05) is 6.07 Å². The quantitative estimate of drug-likeness (QED) is 0.683. The molecule has 1 rings (SSSR count). The number of hydrogen-bond acceptors (Lipinski definition) is 5. The topological polar surface area (TPSA) is 123 Å². The van der Waals surface area contributed by atoms with E-state index in [2.05, 4.69) is 4.98 Å². The lowest BCUT2D eigenvalue weighted by Crippen LogP contribution is -2.11. The standard InChI is InChI=1S/C9H14N2O.C4H6O4/c1-8(12-7-5-10)9-4-2-3-6-11-9;5-3(6)1-2-4(7)8/h2-4,6,8H,5,7,10H2,1H3;1-2H2,(H,5,6)(H,7,8). The van der Waals surface area contributed by atoms with Crippen LogP contribution in [0.3, 0.4) is 0 Å². The Bertz CT molecular complexity index is 383. The van der Waals surface area contributed by atoms with Crippen molar-refractivity contribution in [1.82, 2.24) is 4.98 Å². The second-order valence-corrected chi connectivity index (χ2v) is 3.84. The fraction of sp³-hybridized carbons (Fsp3) is 0.462. The average molecular weight is 284 g/mol. The zero-order valence-electron chi connectivity index (χ0n) is 11.4. The van der Waals surface area contributed by atoms with Crippen molar-refractivity contribution in [1.29, 1.82) is 0 Å². The summed E-state index contributed by atoms with van der Waals surface area (Å²) in [6, 6.07) is 5.78. The van der Waals surface area contributed by atoms with Crippen LogP contribution in [0, 0.1) is 0 Å². The molecule has 1 unspecified atom stereocenters. The molecule has 1 aromatic heterocycles. The van der Waals surface area contributed by atoms with Crippen LogP contribution >= 0.6 is 0 Å². The number of ether oxygens (including phenoxy) is 1. The van der Waals surface area contributed by atoms with E-state index in [-0.39, 0.29) is 18.9 Å². The molecular weight excluding hydrogens is 264 g/mol. The Hall–Kier alpha value is -1.99. The average Bonchev–Trinajstić information content (AvgIpc) is 2.44. The molecule has 7 nitrogen and oxygen atoms in total. The van der Waals surface area contributed by atoms with E-state index in [1.165, 1.54) is 0 Å². The van der Waals surface area contributed by atoms with Crippen molar-refractivity contribution < 1.29 is 24.5 Å². The third-order valence-corrected chi connectivity index (χ3v) is 2.14. The predicted molar refractivity (Wildman–Crippen MR) is 72.2 cm³/mol. The lowest BCUT2D eigenvalue weighted by Gasteiger charge is -2.10. The predicted octanol–water partition coefficient (Wildman–Crippen LogP) is 1.05. The maximum atomic E-state index is 9.64. The molecule has 1 atom stereocenters. The molecule has 0 bridgehead atoms. The fourth-order valence-electron chi connectivity index (χ4n) is 1.16. The van der Waals surface area contributed by atoms with Crippen LogP contribution in [0.2, 0.25) is 0 Å². The largest absolute Gasteiger partial charge is 0.481 e. The minimum Gasteiger partial charge on any atom is -0.481 e. The van der Waals surface area contributed by atoms with Gasteiger partial charge >= 0.3 is 11.9 Å². The molecule has 1 heterocycles. The number of carbonyl (C=O) groups is 2. The summed E-state index contributed by atoms with van der Waals surface area (Å²) >= 11 is 0. The fourth-order valence-corrected chi connectivity index (χ4v) is 1.16. The highest BCUT2D eigenvalue weighted by Gasteiger charge is 2.04. The molecule has 0 spiro atoms. The van der Waals surface area contributed by atoms with Gasteiger partial charge in [-0.25, -0.2) is 0 Å². The third-order valence-electron chi connectivity index (χ3n) is 2.14. The van der Waals surface area contributed by atoms with Gasteiger partial charge in [-0.3, -0.25) is 14.6 Å². The molecule has 7 heteroatoms. The number of nitrogens with two attached hydrogens (primary N) is 1. The van der Waals surface area contributed by atoms with E-state index in [0.29, 0.717) is 13.2 Å². The van der Waals surface area contributed by atoms with Gasteiger partial charge in [0.2, 0.25) is 0 Å². The van der Waals surface area contributed by atoms with E-state index in [1.54, 1.807) is 6.20 Å². The molecule has 0 amide bonds. The number of pyridine rings is 1. The van der Waals surface area contributed by atoms with Gasteiger partial charge in [0.15, 0.2) is 0 Å². The van der Waals surface area contributed by atoms with Crippen LogP contribution in [0.5, 0.6) is 0 Å². The van der Waals surface area contributed by atoms with Gasteiger partial charge in [0, 0.05) is 12.7 Å². The Morgan fingerprint density at radius 1 is 1.30 bits per heavy atom. The van der Waals surface area contributed by atoms with Gasteiger partial charge in [-0.05, 0) is 19.1 Å². The van der Waals surface area contributed by atoms with Gasteiger partial charge in [-0.2, -0.15) is 0 Å². The van der Waals surface area contributed by atoms with Crippen molar-refractivity contribution in [2.45, 2.75) is 25.9 Å². The minimum atomic E-state index is -1.08. The number of hydrogen-bond donors (Lipinski definition) is 3. The van der Waals surface area contributed by atoms with Crippen LogP contribution in [0.15, 0.2) is 24.4 Å². The zero-order chi connectivity index (χ0) is 15.4. The summed E-state index contributed by atoms with van der Waals surface area (Å²) in [6.07, 6.45) is 1.21. The van der Waals surface area contributed by atoms with Crippen molar-refractivity contribution in [3.63, 3.8) is 0 Å². The monoisotopic (exact) mass is 284 g/mol. The molecule has 4 N–H and O–H groups in total. The van der Waals surface area contributed by atoms with Crippen LogP contribution in [-0.2, 0) is 14.3 Å². The van der Waals surface area contributed by atoms with E-state index >= 15 is 0 Å². The Morgan fingerprint density at radius 3 is 2.30 bits per heavy atom. The van der Waals surface area contributed by atoms with Crippen LogP contribution < -0.4 is 5.73 Å². The van der Waals surface area contributed by atoms with E-state index in [0.717, 1.165) is 5.69 Å². The first-order valence-electron chi connectivity index (χ1n) is 6.13. The number of carboxylic acids is 2. The van der Waals surface area contributed by atoms with Gasteiger partial charge in [0.1, 0.15) is 0 Å². The third kappa shape index (κ3) is 9.98. The highest BCUT2D eigenvalue weighted by atomic mass is 16.5. The van der Waals surface area contributed by atoms with Crippen molar-refractivity contribution in [3.05, 3.63) is 30.1 Å².